The Bertz CT molecular complexity index is 1220. The molecule has 0 bridgehead atoms. The Morgan fingerprint density at radius 2 is 1.94 bits per heavy atom. The van der Waals surface area contributed by atoms with Gasteiger partial charge in [0, 0.05) is 43.1 Å². The maximum Gasteiger partial charge on any atom is 0.224 e. The lowest BCUT2D eigenvalue weighted by molar-refractivity contribution is -0.116. The molecule has 2 aromatic heterocycles. The van der Waals surface area contributed by atoms with Crippen LogP contribution >= 0.6 is 11.3 Å². The van der Waals surface area contributed by atoms with Gasteiger partial charge in [-0.1, -0.05) is 23.4 Å². The monoisotopic (exact) mass is 450 g/mol. The van der Waals surface area contributed by atoms with Crippen molar-refractivity contribution in [2.45, 2.75) is 32.7 Å². The molecule has 9 heteroatoms. The number of amides is 1. The van der Waals surface area contributed by atoms with E-state index in [1.54, 1.807) is 40.3 Å². The van der Waals surface area contributed by atoms with Gasteiger partial charge in [-0.15, -0.1) is 16.4 Å². The standard InChI is InChI=1S/C23H23FN6OS/c1-15-14-32-23(26-15)10-11-30-13-19(28-29-30)7-9-22(31)27-21-12-17(4-8-20(21)25)16-2-5-18(24)6-3-16/h2-6,8,12-14H,7,9-11,25H2,1H3,(H,27,31). The third-order valence-electron chi connectivity index (χ3n) is 4.92. The first-order chi connectivity index (χ1) is 15.5. The van der Waals surface area contributed by atoms with Crippen LogP contribution in [-0.2, 0) is 24.2 Å². The molecular formula is C23H23FN6OS. The van der Waals surface area contributed by atoms with E-state index in [0.29, 0.717) is 24.3 Å². The molecule has 0 aliphatic heterocycles. The Morgan fingerprint density at radius 3 is 2.69 bits per heavy atom. The predicted octanol–water partition coefficient (Wildman–Crippen LogP) is 4.25. The van der Waals surface area contributed by atoms with Crippen LogP contribution in [0.5, 0.6) is 0 Å². The van der Waals surface area contributed by atoms with Gasteiger partial charge in [0.1, 0.15) is 5.82 Å². The zero-order chi connectivity index (χ0) is 22.5. The number of carbonyl (C=O) groups excluding carboxylic acids is 1. The summed E-state index contributed by atoms with van der Waals surface area (Å²) in [4.78, 5) is 16.9. The fraction of sp³-hybridized carbons (Fsp3) is 0.217. The Balaban J connectivity index is 1.32. The summed E-state index contributed by atoms with van der Waals surface area (Å²) in [6.07, 6.45) is 3.38. The van der Waals surface area contributed by atoms with Crippen molar-refractivity contribution in [3.8, 4) is 11.1 Å². The average Bonchev–Trinajstić information content (AvgIpc) is 3.41. The predicted molar refractivity (Wildman–Crippen MR) is 124 cm³/mol. The summed E-state index contributed by atoms with van der Waals surface area (Å²) >= 11 is 1.64. The van der Waals surface area contributed by atoms with Crippen molar-refractivity contribution in [2.75, 3.05) is 11.1 Å². The zero-order valence-corrected chi connectivity index (χ0v) is 18.4. The number of aromatic nitrogens is 4. The highest BCUT2D eigenvalue weighted by Crippen LogP contribution is 2.27. The van der Waals surface area contributed by atoms with Crippen molar-refractivity contribution in [3.05, 3.63) is 76.3 Å². The zero-order valence-electron chi connectivity index (χ0n) is 17.6. The lowest BCUT2D eigenvalue weighted by Gasteiger charge is -2.10. The summed E-state index contributed by atoms with van der Waals surface area (Å²) in [6, 6.07) is 11.5. The second kappa shape index (κ2) is 9.69. The molecule has 164 valence electrons. The number of carbonyl (C=O) groups is 1. The lowest BCUT2D eigenvalue weighted by Crippen LogP contribution is -2.13. The van der Waals surface area contributed by atoms with E-state index in [1.807, 2.05) is 24.6 Å². The molecule has 0 aliphatic rings. The van der Waals surface area contributed by atoms with Gasteiger partial charge in [-0.3, -0.25) is 9.48 Å². The fourth-order valence-corrected chi connectivity index (χ4v) is 4.00. The van der Waals surface area contributed by atoms with Crippen molar-refractivity contribution in [2.24, 2.45) is 0 Å². The van der Waals surface area contributed by atoms with E-state index in [0.717, 1.165) is 33.9 Å². The van der Waals surface area contributed by atoms with E-state index >= 15 is 0 Å². The van der Waals surface area contributed by atoms with Crippen molar-refractivity contribution in [3.63, 3.8) is 0 Å². The molecule has 4 aromatic rings. The van der Waals surface area contributed by atoms with E-state index in [-0.39, 0.29) is 18.1 Å². The number of rotatable bonds is 8. The minimum Gasteiger partial charge on any atom is -0.397 e. The van der Waals surface area contributed by atoms with Crippen LogP contribution in [0.4, 0.5) is 15.8 Å². The van der Waals surface area contributed by atoms with Crippen molar-refractivity contribution < 1.29 is 9.18 Å². The van der Waals surface area contributed by atoms with E-state index in [4.69, 9.17) is 5.73 Å². The molecule has 2 heterocycles. The van der Waals surface area contributed by atoms with Crippen LogP contribution in [-0.4, -0.2) is 25.9 Å². The van der Waals surface area contributed by atoms with Gasteiger partial charge in [0.2, 0.25) is 5.91 Å². The number of thiazole rings is 1. The molecular weight excluding hydrogens is 427 g/mol. The van der Waals surface area contributed by atoms with Crippen LogP contribution in [0.25, 0.3) is 11.1 Å². The van der Waals surface area contributed by atoms with E-state index in [9.17, 15) is 9.18 Å². The molecule has 0 radical (unpaired) electrons. The van der Waals surface area contributed by atoms with Crippen molar-refractivity contribution in [1.82, 2.24) is 20.0 Å². The Labute approximate surface area is 189 Å². The summed E-state index contributed by atoms with van der Waals surface area (Å²) < 4.78 is 14.9. The topological polar surface area (TPSA) is 98.7 Å². The van der Waals surface area contributed by atoms with E-state index in [2.05, 4.69) is 20.6 Å². The van der Waals surface area contributed by atoms with Gasteiger partial charge in [0.05, 0.1) is 22.1 Å². The molecule has 0 fully saturated rings. The number of aryl methyl sites for hydroxylation is 4. The molecule has 0 spiro atoms. The largest absolute Gasteiger partial charge is 0.397 e. The first-order valence-corrected chi connectivity index (χ1v) is 11.1. The molecule has 0 saturated carbocycles. The molecule has 0 atom stereocenters. The average molecular weight is 451 g/mol. The number of hydrogen-bond donors (Lipinski definition) is 2. The number of halogens is 1. The van der Waals surface area contributed by atoms with Crippen LogP contribution in [0, 0.1) is 12.7 Å². The van der Waals surface area contributed by atoms with Crippen molar-refractivity contribution >= 4 is 28.6 Å². The van der Waals surface area contributed by atoms with Gasteiger partial charge < -0.3 is 11.1 Å². The van der Waals surface area contributed by atoms with Gasteiger partial charge in [-0.2, -0.15) is 0 Å². The highest BCUT2D eigenvalue weighted by Gasteiger charge is 2.10. The molecule has 32 heavy (non-hydrogen) atoms. The van der Waals surface area contributed by atoms with Gasteiger partial charge >= 0.3 is 0 Å². The molecule has 0 aliphatic carbocycles. The van der Waals surface area contributed by atoms with Gasteiger partial charge in [0.15, 0.2) is 0 Å². The van der Waals surface area contributed by atoms with Crippen LogP contribution in [0.15, 0.2) is 54.0 Å². The highest BCUT2D eigenvalue weighted by atomic mass is 32.1. The number of nitrogens with one attached hydrogen (secondary N) is 1. The van der Waals surface area contributed by atoms with Crippen LogP contribution in [0.3, 0.4) is 0 Å². The summed E-state index contributed by atoms with van der Waals surface area (Å²) in [5.74, 6) is -0.464. The van der Waals surface area contributed by atoms with Crippen LogP contribution in [0.2, 0.25) is 0 Å². The normalized spacial score (nSPS) is 10.9. The number of nitrogens with two attached hydrogens (primary N) is 1. The highest BCUT2D eigenvalue weighted by molar-refractivity contribution is 7.09. The summed E-state index contributed by atoms with van der Waals surface area (Å²) in [6.45, 7) is 2.67. The van der Waals surface area contributed by atoms with E-state index < -0.39 is 0 Å². The fourth-order valence-electron chi connectivity index (χ4n) is 3.23. The number of nitrogen functional groups attached to an aromatic ring is 1. The number of benzene rings is 2. The molecule has 0 unspecified atom stereocenters. The van der Waals surface area contributed by atoms with Crippen LogP contribution < -0.4 is 11.1 Å². The number of hydrogen-bond acceptors (Lipinski definition) is 6. The maximum atomic E-state index is 13.2. The third kappa shape index (κ3) is 5.55. The molecule has 7 nitrogen and oxygen atoms in total. The maximum absolute atomic E-state index is 13.2. The Morgan fingerprint density at radius 1 is 1.16 bits per heavy atom. The minimum atomic E-state index is -0.298. The number of nitrogens with zero attached hydrogens (tertiary/aromatic N) is 4. The van der Waals surface area contributed by atoms with Crippen molar-refractivity contribution in [1.29, 1.82) is 0 Å². The van der Waals surface area contributed by atoms with E-state index in [1.165, 1.54) is 12.1 Å². The number of anilines is 2. The second-order valence-corrected chi connectivity index (χ2v) is 8.41. The minimum absolute atomic E-state index is 0.166. The Hall–Kier alpha value is -3.59. The molecule has 1 amide bonds. The second-order valence-electron chi connectivity index (χ2n) is 7.46. The van der Waals surface area contributed by atoms with Gasteiger partial charge in [-0.05, 0) is 42.3 Å². The van der Waals surface area contributed by atoms with Gasteiger partial charge in [0.25, 0.3) is 0 Å². The Kier molecular flexibility index (Phi) is 6.55. The quantitative estimate of drug-likeness (QED) is 0.391. The molecule has 3 N–H and O–H groups in total. The smallest absolute Gasteiger partial charge is 0.224 e. The summed E-state index contributed by atoms with van der Waals surface area (Å²) in [5, 5.41) is 14.2. The SMILES string of the molecule is Cc1csc(CCn2cc(CCC(=O)Nc3cc(-c4ccc(F)cc4)ccc3N)nn2)n1. The molecule has 2 aromatic carbocycles. The van der Waals surface area contributed by atoms with Gasteiger partial charge in [-0.25, -0.2) is 9.37 Å². The first kappa shape index (κ1) is 21.6. The molecule has 4 rings (SSSR count). The summed E-state index contributed by atoms with van der Waals surface area (Å²) in [5.41, 5.74) is 10.5. The first-order valence-electron chi connectivity index (χ1n) is 10.2. The van der Waals surface area contributed by atoms with Crippen LogP contribution in [0.1, 0.15) is 22.8 Å². The summed E-state index contributed by atoms with van der Waals surface area (Å²) in [7, 11) is 0. The lowest BCUT2D eigenvalue weighted by atomic mass is 10.0. The molecule has 0 saturated heterocycles. The third-order valence-corrected chi connectivity index (χ3v) is 5.95.